The molecule has 0 radical (unpaired) electrons. The minimum Gasteiger partial charge on any atom is -0.326 e. The van der Waals surface area contributed by atoms with Crippen molar-refractivity contribution in [2.24, 2.45) is 0 Å². The van der Waals surface area contributed by atoms with E-state index in [1.165, 1.54) is 30.3 Å². The van der Waals surface area contributed by atoms with Gasteiger partial charge in [0.2, 0.25) is 5.91 Å². The smallest absolute Gasteiger partial charge is 0.225 e. The van der Waals surface area contributed by atoms with Crippen LogP contribution in [0.5, 0.6) is 0 Å². The first-order valence-electron chi connectivity index (χ1n) is 6.94. The van der Waals surface area contributed by atoms with Gasteiger partial charge in [0.05, 0.1) is 5.75 Å². The van der Waals surface area contributed by atoms with Crippen LogP contribution in [0.1, 0.15) is 22.8 Å². The Morgan fingerprint density at radius 3 is 2.61 bits per heavy atom. The summed E-state index contributed by atoms with van der Waals surface area (Å²) >= 11 is 5.99. The maximum absolute atomic E-state index is 14.2. The molecule has 4 nitrogen and oxygen atoms in total. The molecule has 1 amide bonds. The van der Waals surface area contributed by atoms with E-state index in [2.05, 4.69) is 5.32 Å². The molecule has 0 fully saturated rings. The Bertz CT molecular complexity index is 883. The number of carbonyl (C=O) groups is 1. The Balaban J connectivity index is 2.30. The van der Waals surface area contributed by atoms with Gasteiger partial charge in [-0.05, 0) is 29.8 Å². The molecule has 1 N–H and O–H groups in total. The van der Waals surface area contributed by atoms with Gasteiger partial charge in [-0.1, -0.05) is 29.8 Å². The van der Waals surface area contributed by atoms with E-state index in [4.69, 9.17) is 11.6 Å². The molecular weight excluding hydrogens is 341 g/mol. The van der Waals surface area contributed by atoms with Crippen LogP contribution >= 0.6 is 11.6 Å². The summed E-state index contributed by atoms with van der Waals surface area (Å²) in [6.07, 6.45) is -0.171. The number of hydrogen-bond acceptors (Lipinski definition) is 3. The molecule has 1 atom stereocenters. The number of anilines is 1. The maximum atomic E-state index is 14.2. The third-order valence-electron chi connectivity index (χ3n) is 3.73. The topological polar surface area (TPSA) is 63.2 Å². The zero-order chi connectivity index (χ0) is 16.6. The maximum Gasteiger partial charge on any atom is 0.225 e. The third-order valence-corrected chi connectivity index (χ3v) is 5.96. The number of halogens is 2. The molecule has 23 heavy (non-hydrogen) atoms. The molecule has 0 aromatic heterocycles. The Morgan fingerprint density at radius 2 is 1.87 bits per heavy atom. The van der Waals surface area contributed by atoms with Crippen LogP contribution in [-0.4, -0.2) is 20.1 Å². The van der Waals surface area contributed by atoms with E-state index in [1.54, 1.807) is 12.1 Å². The Hall–Kier alpha value is -1.92. The standard InChI is InChI=1S/C16H13ClFNO3S/c17-10-5-6-14-12(9-10)16(11-3-1-2-4-13(11)18)23(21,22)8-7-15(20)19-14/h1-6,9,16H,7-8H2,(H,19,20). The average molecular weight is 354 g/mol. The average Bonchev–Trinajstić information content (AvgIpc) is 2.49. The second-order valence-electron chi connectivity index (χ2n) is 5.30. The van der Waals surface area contributed by atoms with E-state index < -0.39 is 26.8 Å². The summed E-state index contributed by atoms with van der Waals surface area (Å²) in [6.45, 7) is 0. The van der Waals surface area contributed by atoms with Crippen molar-refractivity contribution in [2.45, 2.75) is 11.7 Å². The van der Waals surface area contributed by atoms with Gasteiger partial charge < -0.3 is 5.32 Å². The lowest BCUT2D eigenvalue weighted by molar-refractivity contribution is -0.115. The van der Waals surface area contributed by atoms with Gasteiger partial charge in [-0.3, -0.25) is 4.79 Å². The summed E-state index contributed by atoms with van der Waals surface area (Å²) < 4.78 is 39.7. The SMILES string of the molecule is O=C1CCS(=O)(=O)C(c2ccccc2F)c2cc(Cl)ccc2N1. The van der Waals surface area contributed by atoms with Crippen molar-refractivity contribution in [1.82, 2.24) is 0 Å². The highest BCUT2D eigenvalue weighted by atomic mass is 35.5. The van der Waals surface area contributed by atoms with Crippen molar-refractivity contribution in [3.8, 4) is 0 Å². The number of amides is 1. The Morgan fingerprint density at radius 1 is 1.13 bits per heavy atom. The number of benzene rings is 2. The summed E-state index contributed by atoms with van der Waals surface area (Å²) in [7, 11) is -3.78. The minimum absolute atomic E-state index is 0.0483. The van der Waals surface area contributed by atoms with E-state index >= 15 is 0 Å². The quantitative estimate of drug-likeness (QED) is 0.855. The highest BCUT2D eigenvalue weighted by Crippen LogP contribution is 2.39. The van der Waals surface area contributed by atoms with Gasteiger partial charge in [0.1, 0.15) is 11.1 Å². The number of fused-ring (bicyclic) bond motifs is 1. The van der Waals surface area contributed by atoms with Crippen molar-refractivity contribution in [3.63, 3.8) is 0 Å². The predicted molar refractivity (Wildman–Crippen MR) is 86.7 cm³/mol. The summed E-state index contributed by atoms with van der Waals surface area (Å²) in [4.78, 5) is 11.8. The molecule has 0 bridgehead atoms. The first kappa shape index (κ1) is 16.0. The van der Waals surface area contributed by atoms with Gasteiger partial charge in [0, 0.05) is 22.7 Å². The normalized spacial score (nSPS) is 20.1. The van der Waals surface area contributed by atoms with E-state index in [0.717, 1.165) is 0 Å². The van der Waals surface area contributed by atoms with Crippen molar-refractivity contribution in [1.29, 1.82) is 0 Å². The van der Waals surface area contributed by atoms with Crippen LogP contribution in [0.25, 0.3) is 0 Å². The van der Waals surface area contributed by atoms with E-state index in [9.17, 15) is 17.6 Å². The highest BCUT2D eigenvalue weighted by Gasteiger charge is 2.35. The largest absolute Gasteiger partial charge is 0.326 e. The molecule has 2 aromatic rings. The molecule has 120 valence electrons. The van der Waals surface area contributed by atoms with Crippen LogP contribution in [0, 0.1) is 5.82 Å². The number of hydrogen-bond donors (Lipinski definition) is 1. The molecule has 1 aliphatic heterocycles. The summed E-state index contributed by atoms with van der Waals surface area (Å²) in [5, 5.41) is 1.77. The molecule has 2 aromatic carbocycles. The zero-order valence-corrected chi connectivity index (χ0v) is 13.5. The molecule has 0 spiro atoms. The molecule has 1 heterocycles. The second kappa shape index (κ2) is 5.94. The minimum atomic E-state index is -3.78. The molecule has 7 heteroatoms. The van der Waals surface area contributed by atoms with Gasteiger partial charge in [0.25, 0.3) is 0 Å². The summed E-state index contributed by atoms with van der Waals surface area (Å²) in [5.41, 5.74) is 0.652. The van der Waals surface area contributed by atoms with Crippen molar-refractivity contribution < 1.29 is 17.6 Å². The van der Waals surface area contributed by atoms with Gasteiger partial charge in [-0.2, -0.15) is 0 Å². The van der Waals surface area contributed by atoms with Crippen LogP contribution in [0.15, 0.2) is 42.5 Å². The van der Waals surface area contributed by atoms with E-state index in [-0.39, 0.29) is 23.3 Å². The monoisotopic (exact) mass is 353 g/mol. The van der Waals surface area contributed by atoms with E-state index in [1.807, 2.05) is 0 Å². The molecular formula is C16H13ClFNO3S. The van der Waals surface area contributed by atoms with E-state index in [0.29, 0.717) is 10.7 Å². The fraction of sp³-hybridized carbons (Fsp3) is 0.188. The number of sulfone groups is 1. The predicted octanol–water partition coefficient (Wildman–Crippen LogP) is 3.33. The van der Waals surface area contributed by atoms with Gasteiger partial charge in [0.15, 0.2) is 9.84 Å². The first-order valence-corrected chi connectivity index (χ1v) is 9.03. The van der Waals surface area contributed by atoms with Crippen LogP contribution in [-0.2, 0) is 14.6 Å². The van der Waals surface area contributed by atoms with Crippen molar-refractivity contribution in [3.05, 3.63) is 64.4 Å². The molecule has 1 unspecified atom stereocenters. The van der Waals surface area contributed by atoms with Gasteiger partial charge >= 0.3 is 0 Å². The molecule has 1 aliphatic rings. The summed E-state index contributed by atoms with van der Waals surface area (Å²) in [6, 6.07) is 10.3. The number of carbonyl (C=O) groups excluding carboxylic acids is 1. The molecule has 0 aliphatic carbocycles. The lowest BCUT2D eigenvalue weighted by Gasteiger charge is -2.24. The van der Waals surface area contributed by atoms with Crippen LogP contribution in [0.2, 0.25) is 5.02 Å². The van der Waals surface area contributed by atoms with Crippen LogP contribution in [0.4, 0.5) is 10.1 Å². The summed E-state index contributed by atoms with van der Waals surface area (Å²) in [5.74, 6) is -1.37. The van der Waals surface area contributed by atoms with Gasteiger partial charge in [-0.15, -0.1) is 0 Å². The number of rotatable bonds is 1. The lowest BCUT2D eigenvalue weighted by Crippen LogP contribution is -2.27. The molecule has 0 saturated carbocycles. The lowest BCUT2D eigenvalue weighted by atomic mass is 10.0. The fourth-order valence-electron chi connectivity index (χ4n) is 2.67. The fourth-order valence-corrected chi connectivity index (χ4v) is 4.72. The highest BCUT2D eigenvalue weighted by molar-refractivity contribution is 7.91. The Kier molecular flexibility index (Phi) is 4.12. The van der Waals surface area contributed by atoms with Crippen LogP contribution < -0.4 is 5.32 Å². The number of nitrogens with one attached hydrogen (secondary N) is 1. The van der Waals surface area contributed by atoms with Crippen molar-refractivity contribution >= 4 is 33.0 Å². The van der Waals surface area contributed by atoms with Gasteiger partial charge in [-0.25, -0.2) is 12.8 Å². The van der Waals surface area contributed by atoms with Crippen molar-refractivity contribution in [2.75, 3.05) is 11.1 Å². The molecule has 3 rings (SSSR count). The molecule has 0 saturated heterocycles. The zero-order valence-electron chi connectivity index (χ0n) is 11.9. The van der Waals surface area contributed by atoms with Crippen LogP contribution in [0.3, 0.4) is 0 Å². The second-order valence-corrected chi connectivity index (χ2v) is 7.94. The Labute approximate surface area is 138 Å². The first-order chi connectivity index (χ1) is 10.9. The third kappa shape index (κ3) is 3.09.